The lowest BCUT2D eigenvalue weighted by atomic mass is 10.0. The Bertz CT molecular complexity index is 543. The Hall–Kier alpha value is -1.11. The highest BCUT2D eigenvalue weighted by Crippen LogP contribution is 2.31. The van der Waals surface area contributed by atoms with Gasteiger partial charge in [-0.25, -0.2) is 0 Å². The number of aromatic nitrogens is 2. The van der Waals surface area contributed by atoms with Crippen LogP contribution in [-0.2, 0) is 18.3 Å². The van der Waals surface area contributed by atoms with Gasteiger partial charge in [0.05, 0.1) is 24.5 Å². The first-order valence-corrected chi connectivity index (χ1v) is 9.32. The number of ether oxygens (including phenoxy) is 1. The van der Waals surface area contributed by atoms with Crippen molar-refractivity contribution in [2.75, 3.05) is 37.7 Å². The third kappa shape index (κ3) is 3.76. The molecule has 2 aliphatic rings. The summed E-state index contributed by atoms with van der Waals surface area (Å²) in [5, 5.41) is 18.9. The standard InChI is InChI=1S/C18H32N4O2/c1-14(2)16-15(12-19-13-18(23)6-4-5-7-18)17(21(3)20-16)22-8-10-24-11-9-22/h14,19,23H,4-13H2,1-3H3. The molecule has 24 heavy (non-hydrogen) atoms. The van der Waals surface area contributed by atoms with E-state index < -0.39 is 5.60 Å². The molecule has 0 spiro atoms. The molecule has 0 radical (unpaired) electrons. The largest absolute Gasteiger partial charge is 0.389 e. The van der Waals surface area contributed by atoms with Crippen LogP contribution in [0.2, 0.25) is 0 Å². The van der Waals surface area contributed by atoms with Gasteiger partial charge in [0.15, 0.2) is 0 Å². The molecular formula is C18H32N4O2. The van der Waals surface area contributed by atoms with E-state index in [0.717, 1.165) is 64.2 Å². The molecule has 1 saturated carbocycles. The molecule has 0 bridgehead atoms. The van der Waals surface area contributed by atoms with Crippen molar-refractivity contribution in [2.24, 2.45) is 7.05 Å². The Morgan fingerprint density at radius 2 is 1.92 bits per heavy atom. The number of nitrogens with one attached hydrogen (secondary N) is 1. The average molecular weight is 336 g/mol. The predicted octanol–water partition coefficient (Wildman–Crippen LogP) is 1.77. The van der Waals surface area contributed by atoms with Gasteiger partial charge in [0.25, 0.3) is 0 Å². The summed E-state index contributed by atoms with van der Waals surface area (Å²) in [6.07, 6.45) is 4.11. The minimum absolute atomic E-state index is 0.386. The maximum absolute atomic E-state index is 10.6. The van der Waals surface area contributed by atoms with Crippen LogP contribution >= 0.6 is 0 Å². The molecule has 136 valence electrons. The number of hydrogen-bond acceptors (Lipinski definition) is 5. The fourth-order valence-electron chi connectivity index (χ4n) is 4.01. The number of nitrogens with zero attached hydrogens (tertiary/aromatic N) is 3. The lowest BCUT2D eigenvalue weighted by Gasteiger charge is -2.30. The van der Waals surface area contributed by atoms with Gasteiger partial charge < -0.3 is 20.1 Å². The van der Waals surface area contributed by atoms with Crippen molar-refractivity contribution >= 4 is 5.82 Å². The quantitative estimate of drug-likeness (QED) is 0.829. The smallest absolute Gasteiger partial charge is 0.131 e. The molecule has 2 fully saturated rings. The fourth-order valence-corrected chi connectivity index (χ4v) is 4.01. The summed E-state index contributed by atoms with van der Waals surface area (Å²) in [6.45, 7) is 9.18. The molecule has 0 atom stereocenters. The average Bonchev–Trinajstić information content (AvgIpc) is 3.12. The molecule has 6 nitrogen and oxygen atoms in total. The number of hydrogen-bond donors (Lipinski definition) is 2. The van der Waals surface area contributed by atoms with E-state index in [9.17, 15) is 5.11 Å². The summed E-state index contributed by atoms with van der Waals surface area (Å²) in [7, 11) is 2.03. The molecule has 0 unspecified atom stereocenters. The Morgan fingerprint density at radius 3 is 2.54 bits per heavy atom. The van der Waals surface area contributed by atoms with Crippen LogP contribution in [-0.4, -0.2) is 53.3 Å². The van der Waals surface area contributed by atoms with Crippen molar-refractivity contribution in [3.63, 3.8) is 0 Å². The summed E-state index contributed by atoms with van der Waals surface area (Å²) in [6, 6.07) is 0. The van der Waals surface area contributed by atoms with E-state index in [2.05, 4.69) is 24.1 Å². The normalized spacial score (nSPS) is 21.0. The zero-order valence-electron chi connectivity index (χ0n) is 15.3. The number of aryl methyl sites for hydroxylation is 1. The monoisotopic (exact) mass is 336 g/mol. The maximum atomic E-state index is 10.6. The molecular weight excluding hydrogens is 304 g/mol. The topological polar surface area (TPSA) is 62.5 Å². The van der Waals surface area contributed by atoms with Gasteiger partial charge in [-0.05, 0) is 18.8 Å². The van der Waals surface area contributed by atoms with Gasteiger partial charge in [0, 0.05) is 38.8 Å². The van der Waals surface area contributed by atoms with E-state index >= 15 is 0 Å². The van der Waals surface area contributed by atoms with Gasteiger partial charge >= 0.3 is 0 Å². The Balaban J connectivity index is 1.76. The highest BCUT2D eigenvalue weighted by Gasteiger charge is 2.31. The van der Waals surface area contributed by atoms with Crippen LogP contribution in [0, 0.1) is 0 Å². The summed E-state index contributed by atoms with van der Waals surface area (Å²) in [4.78, 5) is 2.38. The molecule has 1 saturated heterocycles. The summed E-state index contributed by atoms with van der Waals surface area (Å²) < 4.78 is 7.51. The van der Waals surface area contributed by atoms with Gasteiger partial charge in [-0.1, -0.05) is 26.7 Å². The van der Waals surface area contributed by atoms with Gasteiger partial charge in [-0.15, -0.1) is 0 Å². The Morgan fingerprint density at radius 1 is 1.25 bits per heavy atom. The summed E-state index contributed by atoms with van der Waals surface area (Å²) in [5.74, 6) is 1.59. The Kier molecular flexibility index (Phi) is 5.47. The predicted molar refractivity (Wildman–Crippen MR) is 95.5 cm³/mol. The molecule has 0 aromatic carbocycles. The minimum atomic E-state index is -0.515. The van der Waals surface area contributed by atoms with Gasteiger partial charge in [0.1, 0.15) is 5.82 Å². The van der Waals surface area contributed by atoms with E-state index in [0.29, 0.717) is 12.5 Å². The van der Waals surface area contributed by atoms with Crippen molar-refractivity contribution in [3.8, 4) is 0 Å². The zero-order chi connectivity index (χ0) is 17.2. The third-order valence-corrected chi connectivity index (χ3v) is 5.29. The SMILES string of the molecule is CC(C)c1nn(C)c(N2CCOCC2)c1CNCC1(O)CCCC1. The molecule has 1 aliphatic heterocycles. The van der Waals surface area contributed by atoms with Gasteiger partial charge in [0.2, 0.25) is 0 Å². The lowest BCUT2D eigenvalue weighted by Crippen LogP contribution is -2.39. The third-order valence-electron chi connectivity index (χ3n) is 5.29. The van der Waals surface area contributed by atoms with Crippen LogP contribution in [0.4, 0.5) is 5.82 Å². The van der Waals surface area contributed by atoms with Gasteiger partial charge in [-0.3, -0.25) is 4.68 Å². The molecule has 1 aliphatic carbocycles. The van der Waals surface area contributed by atoms with E-state index in [1.807, 2.05) is 11.7 Å². The number of morpholine rings is 1. The molecule has 2 heterocycles. The number of anilines is 1. The van der Waals surface area contributed by atoms with Crippen LogP contribution in [0.25, 0.3) is 0 Å². The van der Waals surface area contributed by atoms with E-state index in [4.69, 9.17) is 9.84 Å². The highest BCUT2D eigenvalue weighted by molar-refractivity contribution is 5.51. The molecule has 0 amide bonds. The summed E-state index contributed by atoms with van der Waals surface area (Å²) >= 11 is 0. The molecule has 1 aromatic heterocycles. The first kappa shape index (κ1) is 17.7. The second kappa shape index (κ2) is 7.42. The highest BCUT2D eigenvalue weighted by atomic mass is 16.5. The Labute approximate surface area is 145 Å². The summed E-state index contributed by atoms with van der Waals surface area (Å²) in [5.41, 5.74) is 1.92. The lowest BCUT2D eigenvalue weighted by molar-refractivity contribution is 0.0474. The van der Waals surface area contributed by atoms with E-state index in [1.54, 1.807) is 0 Å². The van der Waals surface area contributed by atoms with Crippen molar-refractivity contribution in [1.82, 2.24) is 15.1 Å². The van der Waals surface area contributed by atoms with Crippen LogP contribution in [0.3, 0.4) is 0 Å². The molecule has 1 aromatic rings. The van der Waals surface area contributed by atoms with E-state index in [1.165, 1.54) is 11.4 Å². The van der Waals surface area contributed by atoms with Crippen LogP contribution in [0.15, 0.2) is 0 Å². The second-order valence-electron chi connectivity index (χ2n) is 7.60. The molecule has 2 N–H and O–H groups in total. The van der Waals surface area contributed by atoms with Crippen molar-refractivity contribution in [1.29, 1.82) is 0 Å². The van der Waals surface area contributed by atoms with Crippen molar-refractivity contribution in [2.45, 2.75) is 57.6 Å². The minimum Gasteiger partial charge on any atom is -0.389 e. The van der Waals surface area contributed by atoms with Crippen LogP contribution in [0.5, 0.6) is 0 Å². The number of aliphatic hydroxyl groups is 1. The molecule has 3 rings (SSSR count). The van der Waals surface area contributed by atoms with Gasteiger partial charge in [-0.2, -0.15) is 5.10 Å². The first-order valence-electron chi connectivity index (χ1n) is 9.32. The first-order chi connectivity index (χ1) is 11.5. The molecule has 6 heteroatoms. The maximum Gasteiger partial charge on any atom is 0.131 e. The number of rotatable bonds is 6. The zero-order valence-corrected chi connectivity index (χ0v) is 15.3. The fraction of sp³-hybridized carbons (Fsp3) is 0.833. The van der Waals surface area contributed by atoms with E-state index in [-0.39, 0.29) is 0 Å². The van der Waals surface area contributed by atoms with Crippen molar-refractivity contribution < 1.29 is 9.84 Å². The van der Waals surface area contributed by atoms with Crippen LogP contribution in [0.1, 0.15) is 56.7 Å². The van der Waals surface area contributed by atoms with Crippen LogP contribution < -0.4 is 10.2 Å². The van der Waals surface area contributed by atoms with Crippen molar-refractivity contribution in [3.05, 3.63) is 11.3 Å². The second-order valence-corrected chi connectivity index (χ2v) is 7.60.